The van der Waals surface area contributed by atoms with Gasteiger partial charge in [-0.05, 0) is 190 Å². The van der Waals surface area contributed by atoms with Crippen LogP contribution in [0.15, 0.2) is 391 Å². The van der Waals surface area contributed by atoms with E-state index in [1.54, 1.807) is 11.3 Å². The molecule has 0 saturated carbocycles. The van der Waals surface area contributed by atoms with Crippen molar-refractivity contribution in [3.05, 3.63) is 416 Å². The number of nitrogens with zero attached hydrogens (tertiary/aromatic N) is 9. The van der Waals surface area contributed by atoms with Crippen molar-refractivity contribution in [2.75, 3.05) is 0 Å². The molecule has 0 amide bonds. The quantitative estimate of drug-likeness (QED) is 0.162. The fraction of sp³-hybridized carbons (Fsp3) is 0.0732. The molecule has 27 aromatic rings. The zero-order valence-electron chi connectivity index (χ0n) is 74.6. The smallest absolute Gasteiger partial charge is 0.238 e. The van der Waals surface area contributed by atoms with Gasteiger partial charge in [0.05, 0.1) is 55.0 Å². The lowest BCUT2D eigenvalue weighted by Crippen LogP contribution is -2.15. The highest BCUT2D eigenvalue weighted by Crippen LogP contribution is 2.55. The van der Waals surface area contributed by atoms with Gasteiger partial charge in [0, 0.05) is 86.1 Å². The van der Waals surface area contributed by atoms with Crippen molar-refractivity contribution in [1.29, 1.82) is 0 Å². The molecular weight excluding hydrogens is 1670 g/mol. The van der Waals surface area contributed by atoms with Gasteiger partial charge < -0.3 is 8.83 Å². The monoisotopic (exact) mass is 1750 g/mol. The fourth-order valence-electron chi connectivity index (χ4n) is 22.9. The number of furan rings is 2. The predicted molar refractivity (Wildman–Crippen MR) is 558 cm³/mol. The maximum Gasteiger partial charge on any atom is 0.238 e. The molecule has 0 bridgehead atoms. The van der Waals surface area contributed by atoms with Crippen molar-refractivity contribution >= 4 is 174 Å². The summed E-state index contributed by atoms with van der Waals surface area (Å²) in [5, 5.41) is 20.6. The third-order valence-electron chi connectivity index (χ3n) is 29.5. The third kappa shape index (κ3) is 11.3. The zero-order valence-corrected chi connectivity index (χ0v) is 75.4. The van der Waals surface area contributed by atoms with Crippen LogP contribution in [-0.2, 0) is 16.2 Å². The van der Waals surface area contributed by atoms with Gasteiger partial charge in [-0.2, -0.15) is 9.97 Å². The average Bonchev–Trinajstić information content (AvgIpc) is 1.61. The van der Waals surface area contributed by atoms with Gasteiger partial charge in [-0.25, -0.2) is 19.9 Å². The summed E-state index contributed by atoms with van der Waals surface area (Å²) in [6.07, 6.45) is 0. The van der Waals surface area contributed by atoms with Crippen molar-refractivity contribution in [2.45, 2.75) is 57.8 Å². The molecule has 0 radical (unpaired) electrons. The first-order chi connectivity index (χ1) is 66.2. The molecule has 0 atom stereocenters. The first-order valence-electron chi connectivity index (χ1n) is 46.3. The van der Waals surface area contributed by atoms with Crippen molar-refractivity contribution in [1.82, 2.24) is 43.6 Å². The molecule has 135 heavy (non-hydrogen) atoms. The van der Waals surface area contributed by atoms with Crippen LogP contribution in [0.25, 0.3) is 247 Å². The molecule has 12 heteroatoms. The van der Waals surface area contributed by atoms with Crippen LogP contribution in [0.1, 0.15) is 74.9 Å². The van der Waals surface area contributed by atoms with Crippen molar-refractivity contribution in [3.63, 3.8) is 0 Å². The summed E-state index contributed by atoms with van der Waals surface area (Å²) in [6, 6.07) is 137. The normalized spacial score (nSPS) is 13.7. The Labute approximate surface area is 778 Å². The van der Waals surface area contributed by atoms with Crippen LogP contribution in [0.3, 0.4) is 0 Å². The second kappa shape index (κ2) is 28.6. The molecular formula is C123H81N9O2S. The fourth-order valence-corrected chi connectivity index (χ4v) is 24.0. The summed E-state index contributed by atoms with van der Waals surface area (Å²) < 4.78 is 21.0. The number of aromatic nitrogens is 9. The van der Waals surface area contributed by atoms with Crippen LogP contribution in [0.4, 0.5) is 0 Å². The lowest BCUT2D eigenvalue weighted by Gasteiger charge is -2.22. The van der Waals surface area contributed by atoms with Gasteiger partial charge in [0.25, 0.3) is 0 Å². The van der Waals surface area contributed by atoms with Crippen molar-refractivity contribution in [3.8, 4) is 85.0 Å². The van der Waals surface area contributed by atoms with Crippen LogP contribution in [-0.4, -0.2) is 43.6 Å². The number of benzene rings is 18. The molecule has 0 N–H and O–H groups in total. The first-order valence-corrected chi connectivity index (χ1v) is 47.1. The van der Waals surface area contributed by atoms with Gasteiger partial charge in [-0.1, -0.05) is 333 Å². The number of fused-ring (bicyclic) bond motifs is 30. The zero-order chi connectivity index (χ0) is 89.6. The van der Waals surface area contributed by atoms with Crippen LogP contribution in [0.5, 0.6) is 0 Å². The number of para-hydroxylation sites is 5. The predicted octanol–water partition coefficient (Wildman–Crippen LogP) is 32.3. The Morgan fingerprint density at radius 3 is 1.11 bits per heavy atom. The standard InChI is InChI=1S/2C41H27N3O.C41H27N3S/c1-41(2)32-16-8-5-13-27(32)28-20-19-26(22-33(28)41)38-37-30-15-7-10-18-36(30)45-39(37)43-40(42-38)44-34-17-9-6-14-29(34)31-21-24-11-3-4-12-25(24)23-35(31)44;2*1-41(2)32-16-8-5-13-27(32)30-22-26(19-20-33(30)41)38-42-39(37-29-15-7-10-18-36(29)45-40(37)43-38)44-34-17-9-6-14-28(34)31-21-24-11-3-4-12-25(24)23-35(31)44/h3*3-23H,1-2H3. The van der Waals surface area contributed by atoms with Crippen LogP contribution in [0, 0.1) is 0 Å². The van der Waals surface area contributed by atoms with E-state index >= 15 is 0 Å². The molecule has 9 aromatic heterocycles. The van der Waals surface area contributed by atoms with E-state index in [9.17, 15) is 0 Å². The van der Waals surface area contributed by atoms with E-state index in [0.717, 1.165) is 116 Å². The highest BCUT2D eigenvalue weighted by Gasteiger charge is 2.40. The van der Waals surface area contributed by atoms with Gasteiger partial charge >= 0.3 is 0 Å². The van der Waals surface area contributed by atoms with Crippen LogP contribution >= 0.6 is 11.3 Å². The molecule has 0 aliphatic heterocycles. The van der Waals surface area contributed by atoms with Crippen LogP contribution in [0.2, 0.25) is 0 Å². The molecule has 3 aliphatic carbocycles. The van der Waals surface area contributed by atoms with Gasteiger partial charge in [-0.3, -0.25) is 13.7 Å². The van der Waals surface area contributed by atoms with E-state index in [1.807, 2.05) is 30.3 Å². The molecule has 0 spiro atoms. The molecule has 0 unspecified atom stereocenters. The Kier molecular flexibility index (Phi) is 16.3. The number of rotatable bonds is 6. The molecule has 3 aliphatic rings. The van der Waals surface area contributed by atoms with Gasteiger partial charge in [0.1, 0.15) is 16.0 Å². The second-order valence-corrected chi connectivity index (χ2v) is 39.0. The molecule has 636 valence electrons. The molecule has 0 saturated heterocycles. The minimum Gasteiger partial charge on any atom is -0.437 e. The Morgan fingerprint density at radius 2 is 0.600 bits per heavy atom. The summed E-state index contributed by atoms with van der Waals surface area (Å²) in [5.74, 6) is 3.74. The molecule has 30 rings (SSSR count). The van der Waals surface area contributed by atoms with E-state index < -0.39 is 0 Å². The lowest BCUT2D eigenvalue weighted by molar-refractivity contribution is 0.651. The van der Waals surface area contributed by atoms with E-state index in [0.29, 0.717) is 23.2 Å². The molecule has 9 heterocycles. The molecule has 0 fully saturated rings. The largest absolute Gasteiger partial charge is 0.437 e. The Morgan fingerprint density at radius 1 is 0.237 bits per heavy atom. The Hall–Kier alpha value is -16.8. The summed E-state index contributed by atoms with van der Waals surface area (Å²) in [4.78, 5) is 32.9. The summed E-state index contributed by atoms with van der Waals surface area (Å²) >= 11 is 1.74. The second-order valence-electron chi connectivity index (χ2n) is 37.9. The summed E-state index contributed by atoms with van der Waals surface area (Å²) in [6.45, 7) is 13.9. The van der Waals surface area contributed by atoms with E-state index in [2.05, 4.69) is 407 Å². The number of hydrogen-bond acceptors (Lipinski definition) is 9. The lowest BCUT2D eigenvalue weighted by atomic mass is 9.82. The minimum atomic E-state index is -0.122. The topological polar surface area (TPSA) is 118 Å². The molecule has 18 aromatic carbocycles. The maximum absolute atomic E-state index is 6.47. The van der Waals surface area contributed by atoms with Gasteiger partial charge in [-0.15, -0.1) is 11.3 Å². The SMILES string of the molecule is CC1(C)c2ccccc2-c2cc(-c3nc(-n4c5ccccc5c5cc6ccccc6cc54)c4c(n3)oc3ccccc34)ccc21.CC1(C)c2ccccc2-c2cc(-c3nc(-n4c5ccccc5c5cc6ccccc6cc54)c4c(n3)sc3ccccc34)ccc21.CC1(C)c2ccccc2-c2ccc(-c3nc(-n4c5ccccc5c5cc6ccccc6cc54)nc4oc5ccccc5c34)cc21. The van der Waals surface area contributed by atoms with E-state index in [-0.39, 0.29) is 16.2 Å². The van der Waals surface area contributed by atoms with Crippen molar-refractivity contribution < 1.29 is 8.83 Å². The number of thiophene rings is 1. The first kappa shape index (κ1) is 77.0. The highest BCUT2D eigenvalue weighted by atomic mass is 32.1. The molecule has 11 nitrogen and oxygen atoms in total. The summed E-state index contributed by atoms with van der Waals surface area (Å²) in [7, 11) is 0. The Balaban J connectivity index is 0.000000101. The van der Waals surface area contributed by atoms with E-state index in [4.69, 9.17) is 38.7 Å². The van der Waals surface area contributed by atoms with Crippen molar-refractivity contribution in [2.24, 2.45) is 0 Å². The number of hydrogen-bond donors (Lipinski definition) is 0. The Bertz CT molecular complexity index is 9480. The average molecular weight is 1750 g/mol. The van der Waals surface area contributed by atoms with Gasteiger partial charge in [0.15, 0.2) is 23.3 Å². The van der Waals surface area contributed by atoms with Crippen LogP contribution < -0.4 is 0 Å². The van der Waals surface area contributed by atoms with E-state index in [1.165, 1.54) is 141 Å². The maximum atomic E-state index is 6.47. The van der Waals surface area contributed by atoms with Gasteiger partial charge in [0.2, 0.25) is 17.4 Å². The third-order valence-corrected chi connectivity index (χ3v) is 30.5. The minimum absolute atomic E-state index is 0.0440. The highest BCUT2D eigenvalue weighted by molar-refractivity contribution is 7.25. The summed E-state index contributed by atoms with van der Waals surface area (Å²) in [5.41, 5.74) is 28.9.